The van der Waals surface area contributed by atoms with Gasteiger partial charge >= 0.3 is 5.97 Å². The van der Waals surface area contributed by atoms with Crippen LogP contribution in [0.15, 0.2) is 42.0 Å². The summed E-state index contributed by atoms with van der Waals surface area (Å²) in [7, 11) is 0. The maximum absolute atomic E-state index is 12.5. The van der Waals surface area contributed by atoms with Crippen molar-refractivity contribution in [1.82, 2.24) is 14.8 Å². The second-order valence-electron chi connectivity index (χ2n) is 9.68. The van der Waals surface area contributed by atoms with Crippen molar-refractivity contribution in [3.63, 3.8) is 0 Å². The number of rotatable bonds is 9. The highest BCUT2D eigenvalue weighted by molar-refractivity contribution is 5.99. The zero-order valence-electron chi connectivity index (χ0n) is 21.2. The van der Waals surface area contributed by atoms with Gasteiger partial charge in [0.2, 0.25) is 0 Å². The van der Waals surface area contributed by atoms with Crippen LogP contribution in [0.5, 0.6) is 0 Å². The van der Waals surface area contributed by atoms with E-state index in [1.54, 1.807) is 6.08 Å². The number of ether oxygens (including phenoxy) is 1. The van der Waals surface area contributed by atoms with Crippen molar-refractivity contribution in [2.75, 3.05) is 19.7 Å². The summed E-state index contributed by atoms with van der Waals surface area (Å²) in [6.07, 6.45) is 3.24. The number of esters is 1. The molecule has 0 aliphatic carbocycles. The van der Waals surface area contributed by atoms with Gasteiger partial charge in [0.1, 0.15) is 11.6 Å². The SMILES string of the molecule is Cc1cc(/C=C(\C#N)C(=O)OCC(=O)NC2CCN(Cc3ccccc3)CC2)c(C)n1CC(C)C. The van der Waals surface area contributed by atoms with Crippen LogP contribution in [-0.2, 0) is 27.4 Å². The Morgan fingerprint density at radius 2 is 1.89 bits per heavy atom. The molecule has 0 bridgehead atoms. The summed E-state index contributed by atoms with van der Waals surface area (Å²) in [5.41, 5.74) is 4.04. The average molecular weight is 477 g/mol. The van der Waals surface area contributed by atoms with Gasteiger partial charge in [0, 0.05) is 43.6 Å². The van der Waals surface area contributed by atoms with Crippen molar-refractivity contribution in [3.05, 3.63) is 64.5 Å². The average Bonchev–Trinajstić information content (AvgIpc) is 3.09. The van der Waals surface area contributed by atoms with Crippen molar-refractivity contribution < 1.29 is 14.3 Å². The van der Waals surface area contributed by atoms with E-state index < -0.39 is 12.6 Å². The van der Waals surface area contributed by atoms with Crippen molar-refractivity contribution >= 4 is 18.0 Å². The Bertz CT molecular complexity index is 1090. The van der Waals surface area contributed by atoms with E-state index >= 15 is 0 Å². The lowest BCUT2D eigenvalue weighted by Crippen LogP contribution is -2.45. The van der Waals surface area contributed by atoms with Crippen LogP contribution in [0.3, 0.4) is 0 Å². The highest BCUT2D eigenvalue weighted by Crippen LogP contribution is 2.20. The summed E-state index contributed by atoms with van der Waals surface area (Å²) < 4.78 is 7.33. The van der Waals surface area contributed by atoms with Crippen LogP contribution in [0.25, 0.3) is 6.08 Å². The lowest BCUT2D eigenvalue weighted by Gasteiger charge is -2.32. The maximum Gasteiger partial charge on any atom is 0.349 e. The molecule has 7 nitrogen and oxygen atoms in total. The molecule has 0 saturated carbocycles. The molecule has 0 spiro atoms. The largest absolute Gasteiger partial charge is 0.451 e. The van der Waals surface area contributed by atoms with Crippen LogP contribution in [0.2, 0.25) is 0 Å². The van der Waals surface area contributed by atoms with Crippen molar-refractivity contribution in [2.24, 2.45) is 5.92 Å². The molecule has 1 fully saturated rings. The number of nitrogens with zero attached hydrogens (tertiary/aromatic N) is 3. The number of piperidine rings is 1. The van der Waals surface area contributed by atoms with Gasteiger partial charge < -0.3 is 14.6 Å². The van der Waals surface area contributed by atoms with Gasteiger partial charge in [0.15, 0.2) is 6.61 Å². The third-order valence-corrected chi connectivity index (χ3v) is 6.34. The first kappa shape index (κ1) is 26.2. The molecular weight excluding hydrogens is 440 g/mol. The van der Waals surface area contributed by atoms with E-state index in [1.807, 2.05) is 44.2 Å². The van der Waals surface area contributed by atoms with Gasteiger partial charge in [0.05, 0.1) is 0 Å². The summed E-state index contributed by atoms with van der Waals surface area (Å²) in [5.74, 6) is -0.645. The van der Waals surface area contributed by atoms with Crippen LogP contribution in [0, 0.1) is 31.1 Å². The summed E-state index contributed by atoms with van der Waals surface area (Å²) in [6.45, 7) is 11.4. The van der Waals surface area contributed by atoms with Gasteiger partial charge in [-0.15, -0.1) is 0 Å². The van der Waals surface area contributed by atoms with Gasteiger partial charge in [-0.2, -0.15) is 5.26 Å². The molecule has 2 aromatic rings. The molecule has 1 amide bonds. The van der Waals surface area contributed by atoms with E-state index in [4.69, 9.17) is 4.74 Å². The van der Waals surface area contributed by atoms with Crippen LogP contribution >= 0.6 is 0 Å². The fourth-order valence-corrected chi connectivity index (χ4v) is 4.47. The number of nitrogens with one attached hydrogen (secondary N) is 1. The third kappa shape index (κ3) is 7.56. The second kappa shape index (κ2) is 12.4. The molecule has 186 valence electrons. The summed E-state index contributed by atoms with van der Waals surface area (Å²) in [4.78, 5) is 27.2. The number of hydrogen-bond donors (Lipinski definition) is 1. The van der Waals surface area contributed by atoms with Crippen LogP contribution in [0.4, 0.5) is 0 Å². The first-order valence-electron chi connectivity index (χ1n) is 12.3. The summed E-state index contributed by atoms with van der Waals surface area (Å²) in [6, 6.07) is 14.3. The van der Waals surface area contributed by atoms with Crippen LogP contribution in [-0.4, -0.2) is 47.1 Å². The van der Waals surface area contributed by atoms with Gasteiger partial charge in [-0.25, -0.2) is 4.79 Å². The van der Waals surface area contributed by atoms with E-state index in [9.17, 15) is 14.9 Å². The number of aryl methyl sites for hydroxylation is 1. The molecular formula is C28H36N4O3. The molecule has 3 rings (SSSR count). The van der Waals surface area contributed by atoms with E-state index in [0.29, 0.717) is 5.92 Å². The smallest absolute Gasteiger partial charge is 0.349 e. The number of hydrogen-bond acceptors (Lipinski definition) is 5. The number of benzene rings is 1. The zero-order valence-corrected chi connectivity index (χ0v) is 21.2. The lowest BCUT2D eigenvalue weighted by atomic mass is 10.0. The van der Waals surface area contributed by atoms with Crippen molar-refractivity contribution in [2.45, 2.75) is 59.7 Å². The molecule has 1 saturated heterocycles. The fourth-order valence-electron chi connectivity index (χ4n) is 4.47. The Morgan fingerprint density at radius 1 is 1.20 bits per heavy atom. The van der Waals surface area contributed by atoms with Gasteiger partial charge in [-0.3, -0.25) is 9.69 Å². The second-order valence-corrected chi connectivity index (χ2v) is 9.68. The highest BCUT2D eigenvalue weighted by atomic mass is 16.5. The lowest BCUT2D eigenvalue weighted by molar-refractivity contribution is -0.144. The third-order valence-electron chi connectivity index (χ3n) is 6.34. The molecule has 2 heterocycles. The fraction of sp³-hybridized carbons (Fsp3) is 0.464. The molecule has 1 aliphatic heterocycles. The van der Waals surface area contributed by atoms with Crippen LogP contribution < -0.4 is 5.32 Å². The molecule has 1 aromatic heterocycles. The van der Waals surface area contributed by atoms with Gasteiger partial charge in [-0.1, -0.05) is 44.2 Å². The molecule has 0 atom stereocenters. The first-order valence-corrected chi connectivity index (χ1v) is 12.3. The predicted octanol–water partition coefficient (Wildman–Crippen LogP) is 3.99. The topological polar surface area (TPSA) is 87.4 Å². The summed E-state index contributed by atoms with van der Waals surface area (Å²) >= 11 is 0. The highest BCUT2D eigenvalue weighted by Gasteiger charge is 2.22. The normalized spacial score (nSPS) is 15.1. The minimum Gasteiger partial charge on any atom is -0.451 e. The van der Waals surface area contributed by atoms with Crippen LogP contribution in [0.1, 0.15) is 49.2 Å². The van der Waals surface area contributed by atoms with E-state index in [2.05, 4.69) is 40.8 Å². The first-order chi connectivity index (χ1) is 16.8. The Morgan fingerprint density at radius 3 is 2.51 bits per heavy atom. The Labute approximate surface area is 208 Å². The van der Waals surface area contributed by atoms with E-state index in [1.165, 1.54) is 5.56 Å². The molecule has 1 aromatic carbocycles. The standard InChI is InChI=1S/C28H36N4O3/c1-20(2)17-32-21(3)14-24(22(32)4)15-25(16-29)28(34)35-19-27(33)30-26-10-12-31(13-11-26)18-23-8-6-5-7-9-23/h5-9,14-15,20,26H,10-13,17-19H2,1-4H3,(H,30,33)/b25-15+. The minimum absolute atomic E-state index is 0.0607. The zero-order chi connectivity index (χ0) is 25.4. The molecule has 1 N–H and O–H groups in total. The molecule has 0 radical (unpaired) electrons. The Balaban J connectivity index is 1.47. The van der Waals surface area contributed by atoms with Gasteiger partial charge in [-0.05, 0) is 55.9 Å². The van der Waals surface area contributed by atoms with Gasteiger partial charge in [0.25, 0.3) is 5.91 Å². The predicted molar refractivity (Wildman–Crippen MR) is 136 cm³/mol. The Hall–Kier alpha value is -3.37. The molecule has 0 unspecified atom stereocenters. The Kier molecular flexibility index (Phi) is 9.27. The number of carbonyl (C=O) groups is 2. The number of aromatic nitrogens is 1. The molecule has 7 heteroatoms. The molecule has 35 heavy (non-hydrogen) atoms. The molecule has 1 aliphatic rings. The van der Waals surface area contributed by atoms with E-state index in [0.717, 1.165) is 56.0 Å². The number of likely N-dealkylation sites (tertiary alicyclic amines) is 1. The minimum atomic E-state index is -0.783. The quantitative estimate of drug-likeness (QED) is 0.336. The van der Waals surface area contributed by atoms with Crippen molar-refractivity contribution in [1.29, 1.82) is 5.26 Å². The van der Waals surface area contributed by atoms with E-state index in [-0.39, 0.29) is 17.5 Å². The maximum atomic E-state index is 12.5. The number of carbonyl (C=O) groups excluding carboxylic acids is 2. The monoisotopic (exact) mass is 476 g/mol. The number of nitriles is 1. The number of amides is 1. The summed E-state index contributed by atoms with van der Waals surface area (Å²) in [5, 5.41) is 12.5. The van der Waals surface area contributed by atoms with Crippen molar-refractivity contribution in [3.8, 4) is 6.07 Å².